The summed E-state index contributed by atoms with van der Waals surface area (Å²) in [6.07, 6.45) is 0. The van der Waals surface area contributed by atoms with Crippen LogP contribution < -0.4 is 0 Å². The molecule has 0 spiro atoms. The molecule has 1 amide bonds. The van der Waals surface area contributed by atoms with Crippen molar-refractivity contribution in [2.24, 2.45) is 0 Å². The number of nitrogens with zero attached hydrogens (tertiary/aromatic N) is 2. The van der Waals surface area contributed by atoms with Crippen LogP contribution in [0, 0.1) is 17.0 Å². The molecule has 7 nitrogen and oxygen atoms in total. The molecule has 8 heteroatoms. The predicted octanol–water partition coefficient (Wildman–Crippen LogP) is 1.55. The number of rotatable bonds is 3. The number of amides is 1. The van der Waals surface area contributed by atoms with Crippen molar-refractivity contribution in [1.29, 1.82) is 0 Å². The first-order valence-corrected chi connectivity index (χ1v) is 7.43. The number of hydrogen-bond acceptors (Lipinski definition) is 5. The van der Waals surface area contributed by atoms with E-state index in [2.05, 4.69) is 0 Å². The molecule has 1 fully saturated rings. The monoisotopic (exact) mass is 310 g/mol. The van der Waals surface area contributed by atoms with Crippen LogP contribution in [0.1, 0.15) is 15.9 Å². The number of carbonyl (C=O) groups excluding carboxylic acids is 1. The Morgan fingerprint density at radius 2 is 2.14 bits per heavy atom. The van der Waals surface area contributed by atoms with Gasteiger partial charge in [0.25, 0.3) is 11.6 Å². The lowest BCUT2D eigenvalue weighted by Crippen LogP contribution is -2.50. The number of benzene rings is 1. The van der Waals surface area contributed by atoms with Gasteiger partial charge in [0.05, 0.1) is 4.92 Å². The lowest BCUT2D eigenvalue weighted by molar-refractivity contribution is -0.384. The first-order valence-electron chi connectivity index (χ1n) is 6.27. The Labute approximate surface area is 125 Å². The van der Waals surface area contributed by atoms with E-state index in [1.165, 1.54) is 34.9 Å². The molecular weight excluding hydrogens is 296 g/mol. The number of carboxylic acids is 1. The van der Waals surface area contributed by atoms with Crippen molar-refractivity contribution in [1.82, 2.24) is 4.90 Å². The summed E-state index contributed by atoms with van der Waals surface area (Å²) in [6.45, 7) is 1.98. The van der Waals surface area contributed by atoms with Crippen molar-refractivity contribution in [2.75, 3.05) is 18.1 Å². The highest BCUT2D eigenvalue weighted by Gasteiger charge is 2.33. The van der Waals surface area contributed by atoms with Gasteiger partial charge in [0, 0.05) is 35.7 Å². The molecule has 0 radical (unpaired) electrons. The molecule has 1 heterocycles. The maximum Gasteiger partial charge on any atom is 0.327 e. The number of carbonyl (C=O) groups is 2. The van der Waals surface area contributed by atoms with Crippen LogP contribution in [0.25, 0.3) is 0 Å². The second kappa shape index (κ2) is 6.13. The number of nitro groups is 1. The summed E-state index contributed by atoms with van der Waals surface area (Å²) in [7, 11) is 0. The quantitative estimate of drug-likeness (QED) is 0.671. The lowest BCUT2D eigenvalue weighted by atomic mass is 10.1. The van der Waals surface area contributed by atoms with E-state index in [4.69, 9.17) is 0 Å². The second-order valence-corrected chi connectivity index (χ2v) is 5.89. The van der Waals surface area contributed by atoms with Crippen LogP contribution in [0.5, 0.6) is 0 Å². The highest BCUT2D eigenvalue weighted by atomic mass is 32.2. The molecule has 1 atom stereocenters. The molecule has 0 aliphatic carbocycles. The summed E-state index contributed by atoms with van der Waals surface area (Å²) in [5.41, 5.74) is 0.572. The highest BCUT2D eigenvalue weighted by Crippen LogP contribution is 2.22. The summed E-state index contributed by atoms with van der Waals surface area (Å²) in [4.78, 5) is 35.3. The SMILES string of the molecule is Cc1cc(C(=O)N2CCSCC2C(=O)O)cc([N+](=O)[O-])c1. The van der Waals surface area contributed by atoms with Gasteiger partial charge in [-0.05, 0) is 18.6 Å². The van der Waals surface area contributed by atoms with Crippen LogP contribution in [0.4, 0.5) is 5.69 Å². The van der Waals surface area contributed by atoms with Gasteiger partial charge in [-0.3, -0.25) is 14.9 Å². The van der Waals surface area contributed by atoms with Gasteiger partial charge in [-0.1, -0.05) is 0 Å². The van der Waals surface area contributed by atoms with Crippen LogP contribution in [0.2, 0.25) is 0 Å². The molecule has 1 aliphatic heterocycles. The van der Waals surface area contributed by atoms with Crippen LogP contribution in [-0.2, 0) is 4.79 Å². The fourth-order valence-electron chi connectivity index (χ4n) is 2.21. The van der Waals surface area contributed by atoms with Crippen molar-refractivity contribution in [3.63, 3.8) is 0 Å². The minimum Gasteiger partial charge on any atom is -0.480 e. The van der Waals surface area contributed by atoms with Gasteiger partial charge in [0.15, 0.2) is 0 Å². The van der Waals surface area contributed by atoms with Gasteiger partial charge in [0.2, 0.25) is 0 Å². The molecule has 112 valence electrons. The van der Waals surface area contributed by atoms with Gasteiger partial charge in [0.1, 0.15) is 6.04 Å². The molecular formula is C13H14N2O5S. The van der Waals surface area contributed by atoms with Gasteiger partial charge in [-0.2, -0.15) is 11.8 Å². The summed E-state index contributed by atoms with van der Waals surface area (Å²) in [5.74, 6) is -0.550. The van der Waals surface area contributed by atoms with E-state index in [0.29, 0.717) is 23.6 Å². The molecule has 21 heavy (non-hydrogen) atoms. The summed E-state index contributed by atoms with van der Waals surface area (Å²) in [5, 5.41) is 20.0. The number of hydrogen-bond donors (Lipinski definition) is 1. The third kappa shape index (κ3) is 3.33. The Bertz CT molecular complexity index is 604. The summed E-state index contributed by atoms with van der Waals surface area (Å²) in [6, 6.07) is 3.21. The minimum atomic E-state index is -1.06. The zero-order valence-corrected chi connectivity index (χ0v) is 12.1. The number of nitro benzene ring substituents is 1. The first-order chi connectivity index (χ1) is 9.90. The van der Waals surface area contributed by atoms with E-state index in [1.807, 2.05) is 0 Å². The topological polar surface area (TPSA) is 101 Å². The van der Waals surface area contributed by atoms with E-state index in [0.717, 1.165) is 0 Å². The largest absolute Gasteiger partial charge is 0.480 e. The smallest absolute Gasteiger partial charge is 0.327 e. The Balaban J connectivity index is 2.34. The van der Waals surface area contributed by atoms with Crippen molar-refractivity contribution >= 4 is 29.3 Å². The second-order valence-electron chi connectivity index (χ2n) is 4.74. The third-order valence-corrected chi connectivity index (χ3v) is 4.22. The summed E-state index contributed by atoms with van der Waals surface area (Å²) < 4.78 is 0. The number of carboxylic acid groups (broad SMARTS) is 1. The Morgan fingerprint density at radius 1 is 1.43 bits per heavy atom. The highest BCUT2D eigenvalue weighted by molar-refractivity contribution is 7.99. The molecule has 1 unspecified atom stereocenters. The maximum atomic E-state index is 12.5. The molecule has 1 saturated heterocycles. The van der Waals surface area contributed by atoms with Crippen LogP contribution >= 0.6 is 11.8 Å². The predicted molar refractivity (Wildman–Crippen MR) is 77.6 cm³/mol. The normalized spacial score (nSPS) is 18.3. The molecule has 0 bridgehead atoms. The molecule has 2 rings (SSSR count). The van der Waals surface area contributed by atoms with E-state index in [-0.39, 0.29) is 11.3 Å². The standard InChI is InChI=1S/C13H14N2O5S/c1-8-4-9(6-10(5-8)15(19)20)12(16)14-2-3-21-7-11(14)13(17)18/h4-6,11H,2-3,7H2,1H3,(H,17,18). The minimum absolute atomic E-state index is 0.153. The molecule has 1 N–H and O–H groups in total. The average Bonchev–Trinajstić information content (AvgIpc) is 2.45. The fourth-order valence-corrected chi connectivity index (χ4v) is 3.25. The number of aliphatic carboxylic acids is 1. The molecule has 1 aromatic rings. The zero-order valence-electron chi connectivity index (χ0n) is 11.3. The Kier molecular flexibility index (Phi) is 4.46. The van der Waals surface area contributed by atoms with Gasteiger partial charge in [-0.15, -0.1) is 0 Å². The summed E-state index contributed by atoms with van der Waals surface area (Å²) >= 11 is 1.48. The fraction of sp³-hybridized carbons (Fsp3) is 0.385. The van der Waals surface area contributed by atoms with E-state index >= 15 is 0 Å². The number of non-ortho nitro benzene ring substituents is 1. The number of thioether (sulfide) groups is 1. The van der Waals surface area contributed by atoms with Gasteiger partial charge >= 0.3 is 5.97 Å². The van der Waals surface area contributed by atoms with Crippen LogP contribution in [-0.4, -0.2) is 50.9 Å². The van der Waals surface area contributed by atoms with Crippen molar-refractivity contribution in [2.45, 2.75) is 13.0 Å². The van der Waals surface area contributed by atoms with E-state index in [1.54, 1.807) is 6.92 Å². The average molecular weight is 310 g/mol. The van der Waals surface area contributed by atoms with Crippen molar-refractivity contribution < 1.29 is 19.6 Å². The Hall–Kier alpha value is -2.09. The van der Waals surface area contributed by atoms with E-state index in [9.17, 15) is 24.8 Å². The van der Waals surface area contributed by atoms with Crippen LogP contribution in [0.3, 0.4) is 0 Å². The Morgan fingerprint density at radius 3 is 2.76 bits per heavy atom. The maximum absolute atomic E-state index is 12.5. The first kappa shape index (κ1) is 15.3. The molecule has 1 aliphatic rings. The van der Waals surface area contributed by atoms with Crippen molar-refractivity contribution in [3.05, 3.63) is 39.4 Å². The van der Waals surface area contributed by atoms with Gasteiger partial charge in [-0.25, -0.2) is 4.79 Å². The molecule has 0 aromatic heterocycles. The zero-order chi connectivity index (χ0) is 15.6. The molecule has 1 aromatic carbocycles. The van der Waals surface area contributed by atoms with Gasteiger partial charge < -0.3 is 10.0 Å². The third-order valence-electron chi connectivity index (χ3n) is 3.19. The van der Waals surface area contributed by atoms with Crippen LogP contribution in [0.15, 0.2) is 18.2 Å². The van der Waals surface area contributed by atoms with Crippen molar-refractivity contribution in [3.8, 4) is 0 Å². The van der Waals surface area contributed by atoms with E-state index < -0.39 is 22.8 Å². The lowest BCUT2D eigenvalue weighted by Gasteiger charge is -2.32. The molecule has 0 saturated carbocycles. The number of aryl methyl sites for hydroxylation is 1.